The van der Waals surface area contributed by atoms with E-state index in [0.29, 0.717) is 33.8 Å². The Morgan fingerprint density at radius 3 is 2.65 bits per heavy atom. The minimum Gasteiger partial charge on any atom is -0.478 e. The van der Waals surface area contributed by atoms with Gasteiger partial charge in [-0.15, -0.1) is 0 Å². The van der Waals surface area contributed by atoms with Crippen LogP contribution in [0.25, 0.3) is 11.3 Å². The number of carbonyl (C=O) groups is 1. The molecule has 0 spiro atoms. The molecule has 0 saturated carbocycles. The van der Waals surface area contributed by atoms with Crippen LogP contribution in [0.3, 0.4) is 0 Å². The van der Waals surface area contributed by atoms with Gasteiger partial charge >= 0.3 is 5.97 Å². The Balaban J connectivity index is 2.54. The molecule has 2 aromatic rings. The average molecular weight is 313 g/mol. The summed E-state index contributed by atoms with van der Waals surface area (Å²) in [7, 11) is 0. The van der Waals surface area contributed by atoms with E-state index in [9.17, 15) is 9.90 Å². The molecule has 4 nitrogen and oxygen atoms in total. The summed E-state index contributed by atoms with van der Waals surface area (Å²) in [6, 6.07) is 4.92. The smallest absolute Gasteiger partial charge is 0.339 e. The maximum Gasteiger partial charge on any atom is 0.339 e. The Hall–Kier alpha value is -1.52. The average Bonchev–Trinajstić information content (AvgIpc) is 2.71. The lowest BCUT2D eigenvalue weighted by Gasteiger charge is -2.04. The molecule has 0 aliphatic rings. The van der Waals surface area contributed by atoms with E-state index < -0.39 is 5.97 Å². The lowest BCUT2D eigenvalue weighted by atomic mass is 10.1. The van der Waals surface area contributed by atoms with Gasteiger partial charge in [0.15, 0.2) is 0 Å². The van der Waals surface area contributed by atoms with Crippen molar-refractivity contribution in [2.24, 2.45) is 5.92 Å². The highest BCUT2D eigenvalue weighted by Crippen LogP contribution is 2.31. The van der Waals surface area contributed by atoms with Gasteiger partial charge < -0.3 is 5.11 Å². The molecular weight excluding hydrogens is 299 g/mol. The molecule has 0 atom stereocenters. The number of aromatic nitrogens is 2. The molecular formula is C14H14Cl2N2O2. The van der Waals surface area contributed by atoms with Crippen LogP contribution < -0.4 is 0 Å². The highest BCUT2D eigenvalue weighted by Gasteiger charge is 2.19. The summed E-state index contributed by atoms with van der Waals surface area (Å²) >= 11 is 12.0. The first-order chi connectivity index (χ1) is 9.38. The largest absolute Gasteiger partial charge is 0.478 e. The van der Waals surface area contributed by atoms with Gasteiger partial charge in [0.2, 0.25) is 0 Å². The summed E-state index contributed by atoms with van der Waals surface area (Å²) in [6.07, 6.45) is 1.53. The lowest BCUT2D eigenvalue weighted by molar-refractivity contribution is 0.0697. The van der Waals surface area contributed by atoms with Crippen LogP contribution in [0.4, 0.5) is 0 Å². The van der Waals surface area contributed by atoms with Crippen molar-refractivity contribution in [1.82, 2.24) is 9.78 Å². The fraction of sp³-hybridized carbons (Fsp3) is 0.286. The summed E-state index contributed by atoms with van der Waals surface area (Å²) in [4.78, 5) is 11.3. The van der Waals surface area contributed by atoms with Crippen molar-refractivity contribution in [3.8, 4) is 11.3 Å². The Bertz CT molecular complexity index is 651. The Morgan fingerprint density at radius 2 is 2.10 bits per heavy atom. The van der Waals surface area contributed by atoms with Gasteiger partial charge in [0.05, 0.1) is 5.02 Å². The molecule has 6 heteroatoms. The van der Waals surface area contributed by atoms with E-state index in [-0.39, 0.29) is 5.56 Å². The van der Waals surface area contributed by atoms with Gasteiger partial charge in [-0.05, 0) is 24.1 Å². The highest BCUT2D eigenvalue weighted by molar-refractivity contribution is 6.36. The van der Waals surface area contributed by atoms with E-state index in [1.165, 1.54) is 6.20 Å². The van der Waals surface area contributed by atoms with E-state index in [1.807, 2.05) is 13.8 Å². The van der Waals surface area contributed by atoms with Crippen molar-refractivity contribution in [1.29, 1.82) is 0 Å². The number of carboxylic acid groups (broad SMARTS) is 1. The molecule has 20 heavy (non-hydrogen) atoms. The summed E-state index contributed by atoms with van der Waals surface area (Å²) < 4.78 is 1.63. The molecule has 1 aromatic carbocycles. The molecule has 0 saturated heterocycles. The van der Waals surface area contributed by atoms with Crippen LogP contribution in [0.15, 0.2) is 24.4 Å². The Labute approximate surface area is 126 Å². The Kier molecular flexibility index (Phi) is 4.35. The van der Waals surface area contributed by atoms with E-state index >= 15 is 0 Å². The molecule has 1 heterocycles. The molecule has 0 unspecified atom stereocenters. The normalized spacial score (nSPS) is 11.1. The number of aromatic carboxylic acids is 1. The van der Waals surface area contributed by atoms with E-state index in [0.717, 1.165) is 0 Å². The summed E-state index contributed by atoms with van der Waals surface area (Å²) in [6.45, 7) is 4.72. The summed E-state index contributed by atoms with van der Waals surface area (Å²) in [5.41, 5.74) is 1.06. The Morgan fingerprint density at radius 1 is 1.40 bits per heavy atom. The fourth-order valence-corrected chi connectivity index (χ4v) is 2.42. The van der Waals surface area contributed by atoms with E-state index in [4.69, 9.17) is 23.2 Å². The third-order valence-corrected chi connectivity index (χ3v) is 3.28. The van der Waals surface area contributed by atoms with Crippen LogP contribution in [-0.4, -0.2) is 20.9 Å². The number of halogens is 2. The quantitative estimate of drug-likeness (QED) is 0.920. The van der Waals surface area contributed by atoms with Crippen molar-refractivity contribution in [2.45, 2.75) is 20.4 Å². The van der Waals surface area contributed by atoms with Crippen LogP contribution in [0.1, 0.15) is 24.2 Å². The first-order valence-electron chi connectivity index (χ1n) is 6.14. The summed E-state index contributed by atoms with van der Waals surface area (Å²) in [5.74, 6) is -0.661. The highest BCUT2D eigenvalue weighted by atomic mass is 35.5. The van der Waals surface area contributed by atoms with Gasteiger partial charge in [-0.3, -0.25) is 4.68 Å². The number of benzene rings is 1. The zero-order valence-electron chi connectivity index (χ0n) is 11.1. The van der Waals surface area contributed by atoms with Crippen molar-refractivity contribution in [3.63, 3.8) is 0 Å². The molecule has 0 bridgehead atoms. The summed E-state index contributed by atoms with van der Waals surface area (Å²) in [5, 5.41) is 14.5. The van der Waals surface area contributed by atoms with Gasteiger partial charge in [-0.1, -0.05) is 37.0 Å². The maximum atomic E-state index is 11.3. The van der Waals surface area contributed by atoms with Crippen LogP contribution >= 0.6 is 23.2 Å². The van der Waals surface area contributed by atoms with Crippen LogP contribution in [0, 0.1) is 5.92 Å². The second kappa shape index (κ2) is 5.85. The number of hydrogen-bond donors (Lipinski definition) is 1. The molecule has 1 N–H and O–H groups in total. The monoisotopic (exact) mass is 312 g/mol. The third-order valence-electron chi connectivity index (χ3n) is 2.73. The molecule has 0 aliphatic heterocycles. The molecule has 0 radical (unpaired) electrons. The van der Waals surface area contributed by atoms with Gasteiger partial charge in [0.25, 0.3) is 0 Å². The maximum absolute atomic E-state index is 11.3. The van der Waals surface area contributed by atoms with Crippen LogP contribution in [0.2, 0.25) is 10.0 Å². The van der Waals surface area contributed by atoms with Crippen molar-refractivity contribution < 1.29 is 9.90 Å². The SMILES string of the molecule is CC(C)Cn1cc(C(=O)O)c(-c2ccc(Cl)cc2Cl)n1. The van der Waals surface area contributed by atoms with Gasteiger partial charge in [-0.2, -0.15) is 5.10 Å². The minimum atomic E-state index is -1.03. The molecule has 106 valence electrons. The number of carboxylic acids is 1. The standard InChI is InChI=1S/C14H14Cl2N2O2/c1-8(2)6-18-7-11(14(19)20)13(17-18)10-4-3-9(15)5-12(10)16/h3-5,7-8H,6H2,1-2H3,(H,19,20). The van der Waals surface area contributed by atoms with Crippen LogP contribution in [-0.2, 0) is 6.54 Å². The molecule has 2 rings (SSSR count). The molecule has 0 aliphatic carbocycles. The third kappa shape index (κ3) is 3.14. The second-order valence-electron chi connectivity index (χ2n) is 4.94. The van der Waals surface area contributed by atoms with Gasteiger partial charge in [-0.25, -0.2) is 4.79 Å². The van der Waals surface area contributed by atoms with Crippen molar-refractivity contribution in [2.75, 3.05) is 0 Å². The first-order valence-corrected chi connectivity index (χ1v) is 6.90. The van der Waals surface area contributed by atoms with Crippen molar-refractivity contribution in [3.05, 3.63) is 40.0 Å². The van der Waals surface area contributed by atoms with E-state index in [1.54, 1.807) is 22.9 Å². The van der Waals surface area contributed by atoms with Crippen LogP contribution in [0.5, 0.6) is 0 Å². The number of hydrogen-bond acceptors (Lipinski definition) is 2. The lowest BCUT2D eigenvalue weighted by Crippen LogP contribution is -2.04. The zero-order chi connectivity index (χ0) is 14.9. The zero-order valence-corrected chi connectivity index (χ0v) is 12.6. The van der Waals surface area contributed by atoms with Gasteiger partial charge in [0, 0.05) is 23.3 Å². The second-order valence-corrected chi connectivity index (χ2v) is 5.78. The predicted molar refractivity (Wildman–Crippen MR) is 79.5 cm³/mol. The first kappa shape index (κ1) is 14.9. The minimum absolute atomic E-state index is 0.134. The van der Waals surface area contributed by atoms with Crippen molar-refractivity contribution >= 4 is 29.2 Å². The van der Waals surface area contributed by atoms with Gasteiger partial charge in [0.1, 0.15) is 11.3 Å². The molecule has 0 amide bonds. The van der Waals surface area contributed by atoms with E-state index in [2.05, 4.69) is 5.10 Å². The topological polar surface area (TPSA) is 55.1 Å². The number of rotatable bonds is 4. The number of nitrogens with zero attached hydrogens (tertiary/aromatic N) is 2. The predicted octanol–water partition coefficient (Wildman–Crippen LogP) is 4.21. The molecule has 1 aromatic heterocycles. The fourth-order valence-electron chi connectivity index (χ4n) is 1.93. The molecule has 0 fully saturated rings.